The zero-order chi connectivity index (χ0) is 27.6. The Labute approximate surface area is 226 Å². The number of carbonyl (C=O) groups is 2. The van der Waals surface area contributed by atoms with Crippen molar-refractivity contribution < 1.29 is 19.1 Å². The highest BCUT2D eigenvalue weighted by Gasteiger charge is 2.44. The molecule has 0 saturated carbocycles. The lowest BCUT2D eigenvalue weighted by molar-refractivity contribution is -0.149. The molecule has 0 atom stereocenters. The molecule has 7 heteroatoms. The van der Waals surface area contributed by atoms with Crippen LogP contribution >= 0.6 is 7.26 Å². The highest BCUT2D eigenvalue weighted by molar-refractivity contribution is 7.95. The fourth-order valence-electron chi connectivity index (χ4n) is 4.26. The topological polar surface area (TPSA) is 81.9 Å². The summed E-state index contributed by atoms with van der Waals surface area (Å²) in [5, 5.41) is 3.88. The summed E-state index contributed by atoms with van der Waals surface area (Å²) in [6.07, 6.45) is 2.73. The summed E-state index contributed by atoms with van der Waals surface area (Å²) in [7, 11) is -0.339. The van der Waals surface area contributed by atoms with Gasteiger partial charge in [-0.2, -0.15) is 0 Å². The first-order valence-corrected chi connectivity index (χ1v) is 14.7. The molecular formula is C31H38N2O4P+. The Morgan fingerprint density at radius 2 is 1.29 bits per heavy atom. The molecule has 200 valence electrons. The van der Waals surface area contributed by atoms with Crippen molar-refractivity contribution in [3.05, 3.63) is 103 Å². The molecule has 0 fully saturated rings. The number of benzene rings is 3. The van der Waals surface area contributed by atoms with E-state index >= 15 is 0 Å². The molecule has 0 aromatic heterocycles. The van der Waals surface area contributed by atoms with Gasteiger partial charge in [-0.1, -0.05) is 54.6 Å². The summed E-state index contributed by atoms with van der Waals surface area (Å²) in [6, 6.07) is 31.8. The third-order valence-electron chi connectivity index (χ3n) is 5.97. The van der Waals surface area contributed by atoms with Crippen LogP contribution < -0.4 is 21.6 Å². The zero-order valence-corrected chi connectivity index (χ0v) is 23.6. The van der Waals surface area contributed by atoms with Gasteiger partial charge < -0.3 is 20.1 Å². The van der Waals surface area contributed by atoms with Gasteiger partial charge in [0.05, 0.1) is 18.8 Å². The number of ether oxygens (including phenoxy) is 2. The van der Waals surface area contributed by atoms with Crippen molar-refractivity contribution in [2.45, 2.75) is 32.8 Å². The monoisotopic (exact) mass is 533 g/mol. The molecule has 0 amide bonds. The van der Waals surface area contributed by atoms with Crippen molar-refractivity contribution in [2.75, 3.05) is 26.4 Å². The normalized spacial score (nSPS) is 12.1. The number of esters is 2. The SMILES string of the molecule is CN(CC(=O)OCCC[P+](c1ccccc1)(c1ccccc1)c1ccccc1)/C(N)=C/C(=O)OC(C)(C)C. The highest BCUT2D eigenvalue weighted by atomic mass is 31.2. The summed E-state index contributed by atoms with van der Waals surface area (Å²) in [5.74, 6) is -0.826. The molecule has 0 aliphatic heterocycles. The van der Waals surface area contributed by atoms with Crippen molar-refractivity contribution in [3.8, 4) is 0 Å². The van der Waals surface area contributed by atoms with Gasteiger partial charge in [0.2, 0.25) is 0 Å². The van der Waals surface area contributed by atoms with Crippen LogP contribution in [0, 0.1) is 0 Å². The molecule has 3 aromatic rings. The predicted molar refractivity (Wildman–Crippen MR) is 156 cm³/mol. The van der Waals surface area contributed by atoms with Crippen LogP contribution in [0.3, 0.4) is 0 Å². The van der Waals surface area contributed by atoms with Gasteiger partial charge in [0.15, 0.2) is 0 Å². The Morgan fingerprint density at radius 3 is 1.71 bits per heavy atom. The molecule has 6 nitrogen and oxygen atoms in total. The van der Waals surface area contributed by atoms with Gasteiger partial charge in [-0.3, -0.25) is 4.79 Å². The predicted octanol–water partition coefficient (Wildman–Crippen LogP) is 3.99. The summed E-state index contributed by atoms with van der Waals surface area (Å²) in [5.41, 5.74) is 5.35. The summed E-state index contributed by atoms with van der Waals surface area (Å²) >= 11 is 0. The second-order valence-corrected chi connectivity index (χ2v) is 13.7. The largest absolute Gasteiger partial charge is 0.464 e. The number of likely N-dealkylation sites (N-methyl/N-ethyl adjacent to an activating group) is 1. The molecule has 0 aliphatic carbocycles. The number of nitrogens with two attached hydrogens (primary N) is 1. The third-order valence-corrected chi connectivity index (χ3v) is 10.5. The molecule has 38 heavy (non-hydrogen) atoms. The van der Waals surface area contributed by atoms with Gasteiger partial charge in [-0.25, -0.2) is 4.79 Å². The number of nitrogens with zero attached hydrogens (tertiary/aromatic N) is 1. The maximum absolute atomic E-state index is 12.6. The second kappa shape index (κ2) is 13.3. The first kappa shape index (κ1) is 28.9. The molecule has 0 radical (unpaired) electrons. The van der Waals surface area contributed by atoms with E-state index in [2.05, 4.69) is 72.8 Å². The van der Waals surface area contributed by atoms with Gasteiger partial charge >= 0.3 is 11.9 Å². The van der Waals surface area contributed by atoms with Gasteiger partial charge in [0.1, 0.15) is 41.1 Å². The molecule has 0 saturated heterocycles. The van der Waals surface area contributed by atoms with Gasteiger partial charge in [0, 0.05) is 13.5 Å². The van der Waals surface area contributed by atoms with E-state index in [0.717, 1.165) is 6.16 Å². The second-order valence-electron chi connectivity index (χ2n) is 10.1. The average molecular weight is 534 g/mol. The van der Waals surface area contributed by atoms with E-state index < -0.39 is 24.8 Å². The Hall–Kier alpha value is -3.63. The summed E-state index contributed by atoms with van der Waals surface area (Å²) < 4.78 is 10.8. The maximum atomic E-state index is 12.6. The molecule has 0 bridgehead atoms. The minimum atomic E-state index is -1.97. The lowest BCUT2D eigenvalue weighted by Gasteiger charge is -2.27. The van der Waals surface area contributed by atoms with Crippen molar-refractivity contribution in [1.82, 2.24) is 4.90 Å². The lowest BCUT2D eigenvalue weighted by Crippen LogP contribution is -2.34. The van der Waals surface area contributed by atoms with Crippen LogP contribution in [-0.4, -0.2) is 48.8 Å². The van der Waals surface area contributed by atoms with E-state index in [0.29, 0.717) is 6.42 Å². The number of rotatable bonds is 11. The fourth-order valence-corrected chi connectivity index (χ4v) is 8.58. The molecule has 0 unspecified atom stereocenters. The number of hydrogen-bond acceptors (Lipinski definition) is 6. The van der Waals surface area contributed by atoms with E-state index in [1.807, 2.05) is 18.2 Å². The van der Waals surface area contributed by atoms with E-state index in [4.69, 9.17) is 15.2 Å². The Morgan fingerprint density at radius 1 is 0.842 bits per heavy atom. The minimum Gasteiger partial charge on any atom is -0.464 e. The number of hydrogen-bond donors (Lipinski definition) is 1. The van der Waals surface area contributed by atoms with Gasteiger partial charge in [-0.05, 0) is 57.2 Å². The van der Waals surface area contributed by atoms with E-state index in [1.54, 1.807) is 27.8 Å². The van der Waals surface area contributed by atoms with E-state index in [1.165, 1.54) is 26.9 Å². The standard InChI is InChI=1S/C31H37N2O4P/c1-31(2,3)37-29(34)23-28(32)33(4)24-30(35)36-21-14-22-38(25-15-8-5-9-16-25,26-17-10-6-11-18-26)27-19-12-7-13-20-27/h5-13,15-20,23H,14,21-22,24H2,1-4H3,(H-,32,34)/p+1. The Balaban J connectivity index is 1.70. The van der Waals surface area contributed by atoms with E-state index in [9.17, 15) is 9.59 Å². The molecule has 0 heterocycles. The van der Waals surface area contributed by atoms with Gasteiger partial charge in [-0.15, -0.1) is 0 Å². The zero-order valence-electron chi connectivity index (χ0n) is 22.7. The summed E-state index contributed by atoms with van der Waals surface area (Å²) in [6.45, 7) is 5.55. The smallest absolute Gasteiger partial charge is 0.334 e. The van der Waals surface area contributed by atoms with Crippen LogP contribution in [0.4, 0.5) is 0 Å². The molecule has 2 N–H and O–H groups in total. The molecular weight excluding hydrogens is 495 g/mol. The Kier molecular flexibility index (Phi) is 10.1. The van der Waals surface area contributed by atoms with Crippen LogP contribution in [0.5, 0.6) is 0 Å². The molecule has 0 spiro atoms. The van der Waals surface area contributed by atoms with Gasteiger partial charge in [0.25, 0.3) is 0 Å². The maximum Gasteiger partial charge on any atom is 0.334 e. The van der Waals surface area contributed by atoms with Crippen LogP contribution in [0.2, 0.25) is 0 Å². The van der Waals surface area contributed by atoms with Crippen molar-refractivity contribution in [3.63, 3.8) is 0 Å². The van der Waals surface area contributed by atoms with Crippen LogP contribution in [0.15, 0.2) is 103 Å². The average Bonchev–Trinajstić information content (AvgIpc) is 2.89. The third kappa shape index (κ3) is 7.93. The number of carbonyl (C=O) groups excluding carboxylic acids is 2. The van der Waals surface area contributed by atoms with Crippen molar-refractivity contribution >= 4 is 35.1 Å². The molecule has 0 aliphatic rings. The first-order chi connectivity index (χ1) is 18.1. The van der Waals surface area contributed by atoms with E-state index in [-0.39, 0.29) is 19.0 Å². The minimum absolute atomic E-state index is 0.0680. The fraction of sp³-hybridized carbons (Fsp3) is 0.290. The summed E-state index contributed by atoms with van der Waals surface area (Å²) in [4.78, 5) is 26.0. The molecule has 3 aromatic carbocycles. The quantitative estimate of drug-likeness (QED) is 0.174. The van der Waals surface area contributed by atoms with Crippen LogP contribution in [0.25, 0.3) is 0 Å². The lowest BCUT2D eigenvalue weighted by atomic mass is 10.2. The van der Waals surface area contributed by atoms with Crippen molar-refractivity contribution in [2.24, 2.45) is 5.73 Å². The van der Waals surface area contributed by atoms with Crippen LogP contribution in [-0.2, 0) is 19.1 Å². The first-order valence-electron chi connectivity index (χ1n) is 12.7. The highest BCUT2D eigenvalue weighted by Crippen LogP contribution is 2.55. The van der Waals surface area contributed by atoms with Crippen LogP contribution in [0.1, 0.15) is 27.2 Å². The Bertz CT molecular complexity index is 1110. The molecule has 3 rings (SSSR count). The van der Waals surface area contributed by atoms with Crippen molar-refractivity contribution in [1.29, 1.82) is 0 Å².